The lowest BCUT2D eigenvalue weighted by atomic mass is 9.98. The Morgan fingerprint density at radius 1 is 1.50 bits per heavy atom. The van der Waals surface area contributed by atoms with Gasteiger partial charge >= 0.3 is 0 Å². The second-order valence-corrected chi connectivity index (χ2v) is 4.21. The molecule has 2 N–H and O–H groups in total. The number of benzene rings is 1. The van der Waals surface area contributed by atoms with E-state index >= 15 is 0 Å². The van der Waals surface area contributed by atoms with Gasteiger partial charge in [-0.25, -0.2) is 4.39 Å². The molecule has 1 aliphatic heterocycles. The van der Waals surface area contributed by atoms with Gasteiger partial charge in [-0.15, -0.1) is 0 Å². The molecule has 88 valence electrons. The summed E-state index contributed by atoms with van der Waals surface area (Å²) in [5.41, 5.74) is 7.24. The third-order valence-corrected chi connectivity index (χ3v) is 2.72. The molecule has 1 aliphatic rings. The smallest absolute Gasteiger partial charge is 0.189 e. The van der Waals surface area contributed by atoms with E-state index < -0.39 is 0 Å². The molecule has 0 saturated heterocycles. The SMILES string of the molecule is CC(CN)Cc1cc(F)cc2c1OCOC2. The minimum atomic E-state index is -0.243. The first kappa shape index (κ1) is 11.4. The summed E-state index contributed by atoms with van der Waals surface area (Å²) in [5, 5.41) is 0. The van der Waals surface area contributed by atoms with Crippen LogP contribution in [0.5, 0.6) is 5.75 Å². The molecule has 1 atom stereocenters. The van der Waals surface area contributed by atoms with Crippen molar-refractivity contribution in [1.29, 1.82) is 0 Å². The second kappa shape index (κ2) is 4.80. The van der Waals surface area contributed by atoms with Gasteiger partial charge in [-0.05, 0) is 36.6 Å². The number of ether oxygens (including phenoxy) is 2. The molecular weight excluding hydrogens is 209 g/mol. The number of nitrogens with two attached hydrogens (primary N) is 1. The molecule has 0 fully saturated rings. The van der Waals surface area contributed by atoms with Gasteiger partial charge in [0.05, 0.1) is 6.61 Å². The molecule has 1 aromatic rings. The van der Waals surface area contributed by atoms with Crippen molar-refractivity contribution in [3.8, 4) is 5.75 Å². The summed E-state index contributed by atoms with van der Waals surface area (Å²) in [6, 6.07) is 2.99. The Kier molecular flexibility index (Phi) is 3.41. The minimum Gasteiger partial charge on any atom is -0.467 e. The maximum Gasteiger partial charge on any atom is 0.189 e. The lowest BCUT2D eigenvalue weighted by molar-refractivity contribution is -0.0173. The summed E-state index contributed by atoms with van der Waals surface area (Å²) in [6.45, 7) is 3.28. The van der Waals surface area contributed by atoms with Gasteiger partial charge in [-0.3, -0.25) is 0 Å². The van der Waals surface area contributed by atoms with Crippen LogP contribution in [0.4, 0.5) is 4.39 Å². The van der Waals surface area contributed by atoms with Gasteiger partial charge < -0.3 is 15.2 Å². The average Bonchev–Trinajstić information content (AvgIpc) is 2.28. The molecule has 16 heavy (non-hydrogen) atoms. The van der Waals surface area contributed by atoms with Gasteiger partial charge in [0, 0.05) is 5.56 Å². The highest BCUT2D eigenvalue weighted by Crippen LogP contribution is 2.30. The molecule has 0 amide bonds. The normalized spacial score (nSPS) is 16.4. The number of fused-ring (bicyclic) bond motifs is 1. The van der Waals surface area contributed by atoms with Crippen molar-refractivity contribution in [2.45, 2.75) is 20.0 Å². The maximum absolute atomic E-state index is 13.4. The van der Waals surface area contributed by atoms with Crippen molar-refractivity contribution in [1.82, 2.24) is 0 Å². The molecule has 0 saturated carbocycles. The van der Waals surface area contributed by atoms with Gasteiger partial charge in [0.15, 0.2) is 6.79 Å². The molecule has 0 bridgehead atoms. The average molecular weight is 225 g/mol. The minimum absolute atomic E-state index is 0.239. The monoisotopic (exact) mass is 225 g/mol. The van der Waals surface area contributed by atoms with E-state index in [1.165, 1.54) is 12.1 Å². The number of halogens is 1. The van der Waals surface area contributed by atoms with Gasteiger partial charge in [-0.1, -0.05) is 6.92 Å². The summed E-state index contributed by atoms with van der Waals surface area (Å²) in [4.78, 5) is 0. The Labute approximate surface area is 94.3 Å². The maximum atomic E-state index is 13.4. The molecule has 0 spiro atoms. The molecule has 0 radical (unpaired) electrons. The Morgan fingerprint density at radius 3 is 3.06 bits per heavy atom. The van der Waals surface area contributed by atoms with Crippen molar-refractivity contribution in [2.24, 2.45) is 11.7 Å². The van der Waals surface area contributed by atoms with Crippen LogP contribution in [0, 0.1) is 11.7 Å². The molecule has 1 unspecified atom stereocenters. The number of rotatable bonds is 3. The van der Waals surface area contributed by atoms with Crippen LogP contribution in [0.15, 0.2) is 12.1 Å². The Balaban J connectivity index is 2.31. The molecule has 3 nitrogen and oxygen atoms in total. The summed E-state index contributed by atoms with van der Waals surface area (Å²) in [7, 11) is 0. The summed E-state index contributed by atoms with van der Waals surface area (Å²) < 4.78 is 23.9. The van der Waals surface area contributed by atoms with E-state index in [2.05, 4.69) is 0 Å². The second-order valence-electron chi connectivity index (χ2n) is 4.21. The van der Waals surface area contributed by atoms with E-state index in [0.29, 0.717) is 19.1 Å². The largest absolute Gasteiger partial charge is 0.467 e. The lowest BCUT2D eigenvalue weighted by Gasteiger charge is -2.22. The number of hydrogen-bond acceptors (Lipinski definition) is 3. The van der Waals surface area contributed by atoms with Crippen LogP contribution in [0.3, 0.4) is 0 Å². The molecule has 0 aromatic heterocycles. The van der Waals surface area contributed by atoms with E-state index in [1.54, 1.807) is 0 Å². The highest BCUT2D eigenvalue weighted by molar-refractivity contribution is 5.42. The van der Waals surface area contributed by atoms with Crippen molar-refractivity contribution in [2.75, 3.05) is 13.3 Å². The fourth-order valence-corrected chi connectivity index (χ4v) is 1.87. The van der Waals surface area contributed by atoms with Crippen LogP contribution in [-0.4, -0.2) is 13.3 Å². The van der Waals surface area contributed by atoms with E-state index in [0.717, 1.165) is 23.3 Å². The van der Waals surface area contributed by atoms with Crippen molar-refractivity contribution < 1.29 is 13.9 Å². The first-order valence-corrected chi connectivity index (χ1v) is 5.42. The van der Waals surface area contributed by atoms with Crippen LogP contribution < -0.4 is 10.5 Å². The first-order chi connectivity index (χ1) is 7.70. The summed E-state index contributed by atoms with van der Waals surface area (Å²) in [6.07, 6.45) is 0.733. The zero-order chi connectivity index (χ0) is 11.5. The summed E-state index contributed by atoms with van der Waals surface area (Å²) >= 11 is 0. The third-order valence-electron chi connectivity index (χ3n) is 2.72. The molecule has 0 aliphatic carbocycles. The first-order valence-electron chi connectivity index (χ1n) is 5.42. The Bertz CT molecular complexity index is 382. The molecular formula is C12H16FNO2. The van der Waals surface area contributed by atoms with Crippen molar-refractivity contribution in [3.05, 3.63) is 29.1 Å². The van der Waals surface area contributed by atoms with Crippen LogP contribution >= 0.6 is 0 Å². The van der Waals surface area contributed by atoms with E-state index in [1.807, 2.05) is 6.92 Å². The van der Waals surface area contributed by atoms with E-state index in [4.69, 9.17) is 15.2 Å². The van der Waals surface area contributed by atoms with Crippen molar-refractivity contribution in [3.63, 3.8) is 0 Å². The van der Waals surface area contributed by atoms with Crippen LogP contribution in [0.1, 0.15) is 18.1 Å². The predicted molar refractivity (Wildman–Crippen MR) is 58.6 cm³/mol. The molecule has 2 rings (SSSR count). The molecule has 1 aromatic carbocycles. The fraction of sp³-hybridized carbons (Fsp3) is 0.500. The lowest BCUT2D eigenvalue weighted by Crippen LogP contribution is -2.17. The highest BCUT2D eigenvalue weighted by atomic mass is 19.1. The van der Waals surface area contributed by atoms with Gasteiger partial charge in [0.25, 0.3) is 0 Å². The molecule has 1 heterocycles. The van der Waals surface area contributed by atoms with Crippen LogP contribution in [0.25, 0.3) is 0 Å². The van der Waals surface area contributed by atoms with Gasteiger partial charge in [0.2, 0.25) is 0 Å². The fourth-order valence-electron chi connectivity index (χ4n) is 1.87. The Hall–Kier alpha value is -1.13. The molecule has 4 heteroatoms. The van der Waals surface area contributed by atoms with Crippen LogP contribution in [0.2, 0.25) is 0 Å². The topological polar surface area (TPSA) is 44.5 Å². The summed E-state index contributed by atoms with van der Waals surface area (Å²) in [5.74, 6) is 0.845. The van der Waals surface area contributed by atoms with Crippen molar-refractivity contribution >= 4 is 0 Å². The number of hydrogen-bond donors (Lipinski definition) is 1. The Morgan fingerprint density at radius 2 is 2.31 bits per heavy atom. The zero-order valence-electron chi connectivity index (χ0n) is 9.33. The van der Waals surface area contributed by atoms with Crippen LogP contribution in [-0.2, 0) is 17.8 Å². The van der Waals surface area contributed by atoms with Gasteiger partial charge in [-0.2, -0.15) is 0 Å². The van der Waals surface area contributed by atoms with Gasteiger partial charge in [0.1, 0.15) is 11.6 Å². The highest BCUT2D eigenvalue weighted by Gasteiger charge is 2.17. The zero-order valence-corrected chi connectivity index (χ0v) is 9.33. The predicted octanol–water partition coefficient (Wildman–Crippen LogP) is 1.83. The van der Waals surface area contributed by atoms with E-state index in [9.17, 15) is 4.39 Å². The van der Waals surface area contributed by atoms with E-state index in [-0.39, 0.29) is 12.6 Å². The third kappa shape index (κ3) is 2.33. The quantitative estimate of drug-likeness (QED) is 0.853. The standard InChI is InChI=1S/C12H16FNO2/c1-8(5-14)2-9-3-11(13)4-10-6-15-7-16-12(9)10/h3-4,8H,2,5-7,14H2,1H3.